The molecule has 0 fully saturated rings. The molecule has 0 saturated carbocycles. The van der Waals surface area contributed by atoms with Crippen molar-refractivity contribution in [3.63, 3.8) is 0 Å². The second-order valence-corrected chi connectivity index (χ2v) is 14.1. The van der Waals surface area contributed by atoms with E-state index < -0.39 is 0 Å². The highest BCUT2D eigenvalue weighted by molar-refractivity contribution is 7.25. The largest absolute Gasteiger partial charge is 0.456 e. The number of rotatable bonds is 6. The quantitative estimate of drug-likeness (QED) is 0.191. The van der Waals surface area contributed by atoms with E-state index >= 15 is 0 Å². The average Bonchev–Trinajstić information content (AvgIpc) is 3.76. The number of hydrogen-bond acceptors (Lipinski definition) is 3. The Kier molecular flexibility index (Phi) is 7.04. The fourth-order valence-corrected chi connectivity index (χ4v) is 8.38. The van der Waals surface area contributed by atoms with E-state index in [1.54, 1.807) is 0 Å². The summed E-state index contributed by atoms with van der Waals surface area (Å²) in [4.78, 5) is 0. The lowest BCUT2D eigenvalue weighted by Gasteiger charge is -2.14. The van der Waals surface area contributed by atoms with E-state index in [2.05, 4.69) is 175 Å². The molecule has 2 nitrogen and oxygen atoms in total. The van der Waals surface area contributed by atoms with Crippen LogP contribution in [0.3, 0.4) is 0 Å². The highest BCUT2D eigenvalue weighted by atomic mass is 32.1. The molecule has 0 aliphatic heterocycles. The number of para-hydroxylation sites is 1. The van der Waals surface area contributed by atoms with E-state index in [1.807, 2.05) is 23.5 Å². The smallest absolute Gasteiger partial charge is 0.136 e. The monoisotopic (exact) mass is 669 g/mol. The third-order valence-corrected chi connectivity index (χ3v) is 11.0. The molecular formula is C48H31NOS. The van der Waals surface area contributed by atoms with Crippen LogP contribution in [-0.4, -0.2) is 0 Å². The second-order valence-electron chi connectivity index (χ2n) is 13.0. The van der Waals surface area contributed by atoms with Crippen LogP contribution in [0.5, 0.6) is 0 Å². The van der Waals surface area contributed by atoms with Gasteiger partial charge < -0.3 is 9.73 Å². The second kappa shape index (κ2) is 12.2. The number of fused-ring (bicyclic) bond motifs is 6. The van der Waals surface area contributed by atoms with E-state index in [-0.39, 0.29) is 0 Å². The highest BCUT2D eigenvalue weighted by Crippen LogP contribution is 2.40. The number of benzene rings is 8. The molecule has 240 valence electrons. The topological polar surface area (TPSA) is 25.2 Å². The summed E-state index contributed by atoms with van der Waals surface area (Å²) in [6.45, 7) is 0. The van der Waals surface area contributed by atoms with Gasteiger partial charge in [-0.3, -0.25) is 0 Å². The van der Waals surface area contributed by atoms with Crippen molar-refractivity contribution in [2.75, 3.05) is 5.32 Å². The van der Waals surface area contributed by atoms with Crippen molar-refractivity contribution in [2.45, 2.75) is 0 Å². The lowest BCUT2D eigenvalue weighted by molar-refractivity contribution is 0.669. The van der Waals surface area contributed by atoms with Crippen molar-refractivity contribution in [1.82, 2.24) is 0 Å². The summed E-state index contributed by atoms with van der Waals surface area (Å²) in [5, 5.41) is 8.53. The normalized spacial score (nSPS) is 11.5. The van der Waals surface area contributed by atoms with Gasteiger partial charge in [-0.05, 0) is 111 Å². The van der Waals surface area contributed by atoms with Crippen LogP contribution in [0.2, 0.25) is 0 Å². The standard InChI is InChI=1S/C48H31NOS/c1-2-8-33(9-3-1)43-28-34(18-25-39(43)36-19-26-41-40-10-4-6-12-45(40)50-46(41)30-36)31-14-21-37(22-15-31)49-38-23-16-32(17-24-38)35-20-27-48-44(29-35)42-11-5-7-13-47(42)51-48/h1-30,49H. The summed E-state index contributed by atoms with van der Waals surface area (Å²) in [6, 6.07) is 65.1. The van der Waals surface area contributed by atoms with Gasteiger partial charge in [0.25, 0.3) is 0 Å². The van der Waals surface area contributed by atoms with Crippen molar-refractivity contribution < 1.29 is 4.42 Å². The van der Waals surface area contributed by atoms with Crippen LogP contribution < -0.4 is 5.32 Å². The fraction of sp³-hybridized carbons (Fsp3) is 0. The maximum Gasteiger partial charge on any atom is 0.136 e. The van der Waals surface area contributed by atoms with E-state index in [9.17, 15) is 0 Å². The first-order chi connectivity index (χ1) is 25.2. The van der Waals surface area contributed by atoms with Gasteiger partial charge in [-0.1, -0.05) is 115 Å². The van der Waals surface area contributed by atoms with Gasteiger partial charge in [-0.25, -0.2) is 0 Å². The zero-order valence-corrected chi connectivity index (χ0v) is 28.5. The van der Waals surface area contributed by atoms with Gasteiger partial charge in [0, 0.05) is 42.3 Å². The summed E-state index contributed by atoms with van der Waals surface area (Å²) in [5.74, 6) is 0. The van der Waals surface area contributed by atoms with E-state index in [1.165, 1.54) is 59.1 Å². The zero-order chi connectivity index (χ0) is 33.7. The Labute approximate surface area is 299 Å². The summed E-state index contributed by atoms with van der Waals surface area (Å²) < 4.78 is 8.91. The van der Waals surface area contributed by atoms with Gasteiger partial charge in [0.05, 0.1) is 0 Å². The van der Waals surface area contributed by atoms with Crippen LogP contribution in [0.25, 0.3) is 86.6 Å². The highest BCUT2D eigenvalue weighted by Gasteiger charge is 2.14. The summed E-state index contributed by atoms with van der Waals surface area (Å²) in [5.41, 5.74) is 13.4. The maximum absolute atomic E-state index is 6.25. The summed E-state index contributed by atoms with van der Waals surface area (Å²) in [6.07, 6.45) is 0. The first-order valence-corrected chi connectivity index (χ1v) is 18.1. The first kappa shape index (κ1) is 29.5. The van der Waals surface area contributed by atoms with Crippen molar-refractivity contribution in [3.05, 3.63) is 182 Å². The lowest BCUT2D eigenvalue weighted by atomic mass is 9.90. The van der Waals surface area contributed by atoms with Crippen LogP contribution in [0.1, 0.15) is 0 Å². The minimum atomic E-state index is 0.906. The summed E-state index contributed by atoms with van der Waals surface area (Å²) in [7, 11) is 0. The molecule has 0 bridgehead atoms. The molecule has 0 amide bonds. The van der Waals surface area contributed by atoms with E-state index in [4.69, 9.17) is 4.42 Å². The number of hydrogen-bond donors (Lipinski definition) is 1. The van der Waals surface area contributed by atoms with Gasteiger partial charge in [-0.15, -0.1) is 11.3 Å². The number of nitrogens with one attached hydrogen (secondary N) is 1. The minimum Gasteiger partial charge on any atom is -0.456 e. The van der Waals surface area contributed by atoms with Crippen LogP contribution in [0.15, 0.2) is 186 Å². The van der Waals surface area contributed by atoms with Gasteiger partial charge >= 0.3 is 0 Å². The Morgan fingerprint density at radius 3 is 1.71 bits per heavy atom. The molecule has 0 spiro atoms. The molecule has 0 radical (unpaired) electrons. The van der Waals surface area contributed by atoms with Gasteiger partial charge in [0.1, 0.15) is 11.2 Å². The average molecular weight is 670 g/mol. The van der Waals surface area contributed by atoms with Crippen LogP contribution in [0, 0.1) is 0 Å². The van der Waals surface area contributed by atoms with Gasteiger partial charge in [-0.2, -0.15) is 0 Å². The molecule has 0 atom stereocenters. The maximum atomic E-state index is 6.25. The van der Waals surface area contributed by atoms with Gasteiger partial charge in [0.2, 0.25) is 0 Å². The Morgan fingerprint density at radius 1 is 0.333 bits per heavy atom. The molecule has 0 saturated heterocycles. The Morgan fingerprint density at radius 2 is 0.922 bits per heavy atom. The number of furan rings is 1. The fourth-order valence-electron chi connectivity index (χ4n) is 7.29. The molecule has 0 aliphatic carbocycles. The molecule has 2 heterocycles. The molecular weight excluding hydrogens is 639 g/mol. The molecule has 3 heteroatoms. The van der Waals surface area contributed by atoms with Crippen molar-refractivity contribution >= 4 is 64.8 Å². The Balaban J connectivity index is 0.921. The van der Waals surface area contributed by atoms with Crippen molar-refractivity contribution in [1.29, 1.82) is 0 Å². The molecule has 0 aliphatic rings. The number of thiophene rings is 1. The molecule has 10 aromatic rings. The molecule has 8 aromatic carbocycles. The third-order valence-electron chi connectivity index (χ3n) is 9.90. The van der Waals surface area contributed by atoms with Crippen LogP contribution in [-0.2, 0) is 0 Å². The summed E-state index contributed by atoms with van der Waals surface area (Å²) >= 11 is 1.86. The van der Waals surface area contributed by atoms with E-state index in [0.717, 1.165) is 38.9 Å². The van der Waals surface area contributed by atoms with Gasteiger partial charge in [0.15, 0.2) is 0 Å². The molecule has 51 heavy (non-hydrogen) atoms. The number of anilines is 2. The Bertz CT molecular complexity index is 2860. The lowest BCUT2D eigenvalue weighted by Crippen LogP contribution is -1.91. The molecule has 0 unspecified atom stereocenters. The van der Waals surface area contributed by atoms with Crippen LogP contribution in [0.4, 0.5) is 11.4 Å². The molecule has 1 N–H and O–H groups in total. The zero-order valence-electron chi connectivity index (χ0n) is 27.6. The minimum absolute atomic E-state index is 0.906. The third kappa shape index (κ3) is 5.36. The Hall–Kier alpha value is -6.42. The SMILES string of the molecule is c1ccc(-c2cc(-c3ccc(Nc4ccc(-c5ccc6sc7ccccc7c6c5)cc4)cc3)ccc2-c2ccc3c(c2)oc2ccccc23)cc1. The molecule has 10 rings (SSSR count). The van der Waals surface area contributed by atoms with Crippen molar-refractivity contribution in [3.8, 4) is 44.5 Å². The molecule has 2 aromatic heterocycles. The van der Waals surface area contributed by atoms with Crippen LogP contribution >= 0.6 is 11.3 Å². The van der Waals surface area contributed by atoms with Crippen molar-refractivity contribution in [2.24, 2.45) is 0 Å². The predicted octanol–water partition coefficient (Wildman–Crippen LogP) is 14.4. The van der Waals surface area contributed by atoms with E-state index in [0.29, 0.717) is 0 Å². The first-order valence-electron chi connectivity index (χ1n) is 17.2. The predicted molar refractivity (Wildman–Crippen MR) is 218 cm³/mol.